The third kappa shape index (κ3) is 5.85. The van der Waals surface area contributed by atoms with Crippen molar-refractivity contribution in [2.24, 2.45) is 5.73 Å². The van der Waals surface area contributed by atoms with Gasteiger partial charge in [-0.1, -0.05) is 54.6 Å². The number of nitrogens with two attached hydrogens (primary N) is 1. The number of benzene rings is 2. The Hall–Kier alpha value is -3.86. The van der Waals surface area contributed by atoms with E-state index in [1.807, 2.05) is 60.7 Å². The number of carbonyl (C=O) groups excluding carboxylic acids is 3. The van der Waals surface area contributed by atoms with Gasteiger partial charge in [-0.05, 0) is 29.5 Å². The van der Waals surface area contributed by atoms with Gasteiger partial charge in [-0.15, -0.1) is 0 Å². The van der Waals surface area contributed by atoms with Gasteiger partial charge in [0, 0.05) is 12.8 Å². The lowest BCUT2D eigenvalue weighted by molar-refractivity contribution is -0.131. The van der Waals surface area contributed by atoms with Crippen molar-refractivity contribution in [3.8, 4) is 6.07 Å². The molecule has 1 aliphatic rings. The van der Waals surface area contributed by atoms with E-state index in [0.29, 0.717) is 12.8 Å². The third-order valence-electron chi connectivity index (χ3n) is 5.43. The molecular formula is C24H26N4O4. The molecule has 3 rings (SSSR count). The van der Waals surface area contributed by atoms with Gasteiger partial charge in [-0.3, -0.25) is 14.5 Å². The third-order valence-corrected chi connectivity index (χ3v) is 5.43. The van der Waals surface area contributed by atoms with Crippen LogP contribution >= 0.6 is 0 Å². The van der Waals surface area contributed by atoms with E-state index in [9.17, 15) is 14.4 Å². The molecule has 0 bridgehead atoms. The maximum atomic E-state index is 13.1. The van der Waals surface area contributed by atoms with Gasteiger partial charge in [0.25, 0.3) is 0 Å². The standard InChI is InChI=1S/C24H26N4O4/c25-13-7-6-12-20(22(26)29)27-23(30)21-14-18-10-4-5-11-19(18)15-28(21)24(31)32-16-17-8-2-1-3-9-17/h1-5,8-11,20-21H,6-7,12,14-16H2,(H2,26,29)(H,27,30)/t20-,21-/m0/s1. The second kappa shape index (κ2) is 11.0. The van der Waals surface area contributed by atoms with Gasteiger partial charge >= 0.3 is 6.09 Å². The number of nitriles is 1. The van der Waals surface area contributed by atoms with Crippen LogP contribution in [0, 0.1) is 11.3 Å². The normalized spacial score (nSPS) is 15.7. The first-order valence-corrected chi connectivity index (χ1v) is 10.5. The molecule has 2 atom stereocenters. The molecular weight excluding hydrogens is 408 g/mol. The van der Waals surface area contributed by atoms with Crippen molar-refractivity contribution in [3.05, 3.63) is 71.3 Å². The predicted octanol–water partition coefficient (Wildman–Crippen LogP) is 2.41. The van der Waals surface area contributed by atoms with Gasteiger partial charge in [0.1, 0.15) is 18.7 Å². The Bertz CT molecular complexity index is 1000. The van der Waals surface area contributed by atoms with Gasteiger partial charge < -0.3 is 15.8 Å². The molecule has 166 valence electrons. The molecule has 0 aliphatic carbocycles. The van der Waals surface area contributed by atoms with Crippen molar-refractivity contribution in [1.82, 2.24) is 10.2 Å². The maximum absolute atomic E-state index is 13.1. The minimum Gasteiger partial charge on any atom is -0.445 e. The van der Waals surface area contributed by atoms with E-state index in [1.54, 1.807) is 0 Å². The molecule has 0 unspecified atom stereocenters. The van der Waals surface area contributed by atoms with Crippen molar-refractivity contribution in [3.63, 3.8) is 0 Å². The zero-order valence-corrected chi connectivity index (χ0v) is 17.7. The predicted molar refractivity (Wildman–Crippen MR) is 117 cm³/mol. The fourth-order valence-electron chi connectivity index (χ4n) is 3.69. The first-order valence-electron chi connectivity index (χ1n) is 10.5. The highest BCUT2D eigenvalue weighted by Gasteiger charge is 2.36. The lowest BCUT2D eigenvalue weighted by Gasteiger charge is -2.35. The smallest absolute Gasteiger partial charge is 0.411 e. The summed E-state index contributed by atoms with van der Waals surface area (Å²) in [6, 6.07) is 17.1. The molecule has 8 heteroatoms. The Morgan fingerprint density at radius 2 is 1.81 bits per heavy atom. The van der Waals surface area contributed by atoms with E-state index in [0.717, 1.165) is 16.7 Å². The quantitative estimate of drug-likeness (QED) is 0.617. The molecule has 0 saturated heterocycles. The number of fused-ring (bicyclic) bond motifs is 1. The Morgan fingerprint density at radius 1 is 1.12 bits per heavy atom. The van der Waals surface area contributed by atoms with Crippen LogP contribution in [0.15, 0.2) is 54.6 Å². The lowest BCUT2D eigenvalue weighted by atomic mass is 9.93. The first kappa shape index (κ1) is 22.8. The second-order valence-electron chi connectivity index (χ2n) is 7.67. The number of hydrogen-bond acceptors (Lipinski definition) is 5. The average Bonchev–Trinajstić information content (AvgIpc) is 2.81. The van der Waals surface area contributed by atoms with E-state index in [2.05, 4.69) is 5.32 Å². The Kier molecular flexibility index (Phi) is 7.81. The highest BCUT2D eigenvalue weighted by atomic mass is 16.6. The Balaban J connectivity index is 1.75. The number of nitrogens with zero attached hydrogens (tertiary/aromatic N) is 2. The number of carbonyl (C=O) groups is 3. The highest BCUT2D eigenvalue weighted by Crippen LogP contribution is 2.24. The molecule has 3 N–H and O–H groups in total. The van der Waals surface area contributed by atoms with Crippen molar-refractivity contribution in [2.45, 2.75) is 50.9 Å². The summed E-state index contributed by atoms with van der Waals surface area (Å²) in [7, 11) is 0. The molecule has 1 aliphatic heterocycles. The number of nitrogens with one attached hydrogen (secondary N) is 1. The summed E-state index contributed by atoms with van der Waals surface area (Å²) in [5, 5.41) is 11.4. The molecule has 0 fully saturated rings. The fraction of sp³-hybridized carbons (Fsp3) is 0.333. The van der Waals surface area contributed by atoms with E-state index < -0.39 is 30.0 Å². The number of unbranched alkanes of at least 4 members (excludes halogenated alkanes) is 1. The minimum atomic E-state index is -0.907. The zero-order chi connectivity index (χ0) is 22.9. The van der Waals surface area contributed by atoms with Gasteiger partial charge in [-0.2, -0.15) is 5.26 Å². The topological polar surface area (TPSA) is 126 Å². The van der Waals surface area contributed by atoms with Gasteiger partial charge in [0.05, 0.1) is 12.6 Å². The van der Waals surface area contributed by atoms with Crippen LogP contribution < -0.4 is 11.1 Å². The van der Waals surface area contributed by atoms with Crippen molar-refractivity contribution < 1.29 is 19.1 Å². The van der Waals surface area contributed by atoms with E-state index >= 15 is 0 Å². The molecule has 0 radical (unpaired) electrons. The first-order chi connectivity index (χ1) is 15.5. The van der Waals surface area contributed by atoms with Crippen LogP contribution in [0.2, 0.25) is 0 Å². The van der Waals surface area contributed by atoms with E-state index in [4.69, 9.17) is 15.7 Å². The van der Waals surface area contributed by atoms with Crippen molar-refractivity contribution >= 4 is 17.9 Å². The molecule has 2 aromatic rings. The molecule has 0 saturated carbocycles. The molecule has 1 heterocycles. The van der Waals surface area contributed by atoms with Crippen LogP contribution in [0.4, 0.5) is 4.79 Å². The SMILES string of the molecule is N#CCCC[C@H](NC(=O)[C@@H]1Cc2ccccc2CN1C(=O)OCc1ccccc1)C(N)=O. The Labute approximate surface area is 187 Å². The van der Waals surface area contributed by atoms with Crippen LogP contribution in [-0.2, 0) is 33.9 Å². The van der Waals surface area contributed by atoms with Crippen LogP contribution in [0.25, 0.3) is 0 Å². The summed E-state index contributed by atoms with van der Waals surface area (Å²) in [6.07, 6.45) is 0.640. The zero-order valence-electron chi connectivity index (χ0n) is 17.7. The summed E-state index contributed by atoms with van der Waals surface area (Å²) in [4.78, 5) is 39.2. The van der Waals surface area contributed by atoms with Crippen molar-refractivity contribution in [2.75, 3.05) is 0 Å². The minimum absolute atomic E-state index is 0.0875. The summed E-state index contributed by atoms with van der Waals surface area (Å²) in [5.74, 6) is -1.15. The largest absolute Gasteiger partial charge is 0.445 e. The summed E-state index contributed by atoms with van der Waals surface area (Å²) in [6.45, 7) is 0.307. The summed E-state index contributed by atoms with van der Waals surface area (Å²) < 4.78 is 5.47. The number of hydrogen-bond donors (Lipinski definition) is 2. The number of ether oxygens (including phenoxy) is 1. The van der Waals surface area contributed by atoms with Crippen LogP contribution in [0.5, 0.6) is 0 Å². The molecule has 0 aromatic heterocycles. The fourth-order valence-corrected chi connectivity index (χ4v) is 3.69. The monoisotopic (exact) mass is 434 g/mol. The second-order valence-corrected chi connectivity index (χ2v) is 7.67. The van der Waals surface area contributed by atoms with Crippen LogP contribution in [0.3, 0.4) is 0 Å². The van der Waals surface area contributed by atoms with E-state index in [1.165, 1.54) is 4.90 Å². The van der Waals surface area contributed by atoms with Crippen molar-refractivity contribution in [1.29, 1.82) is 5.26 Å². The maximum Gasteiger partial charge on any atom is 0.411 e. The molecule has 32 heavy (non-hydrogen) atoms. The van der Waals surface area contributed by atoms with E-state index in [-0.39, 0.29) is 26.0 Å². The van der Waals surface area contributed by atoms with Gasteiger partial charge in [-0.25, -0.2) is 4.79 Å². The number of primary amides is 1. The molecule has 8 nitrogen and oxygen atoms in total. The lowest BCUT2D eigenvalue weighted by Crippen LogP contribution is -2.56. The number of amides is 3. The average molecular weight is 434 g/mol. The summed E-state index contributed by atoms with van der Waals surface area (Å²) >= 11 is 0. The molecule has 2 aromatic carbocycles. The van der Waals surface area contributed by atoms with Crippen LogP contribution in [-0.4, -0.2) is 34.9 Å². The molecule has 3 amide bonds. The van der Waals surface area contributed by atoms with Gasteiger partial charge in [0.15, 0.2) is 0 Å². The van der Waals surface area contributed by atoms with Gasteiger partial charge in [0.2, 0.25) is 11.8 Å². The van der Waals surface area contributed by atoms with Crippen LogP contribution in [0.1, 0.15) is 36.0 Å². The highest BCUT2D eigenvalue weighted by molar-refractivity contribution is 5.91. The summed E-state index contributed by atoms with van der Waals surface area (Å²) in [5.41, 5.74) is 8.17. The number of rotatable bonds is 8. The Morgan fingerprint density at radius 3 is 2.50 bits per heavy atom. The molecule has 0 spiro atoms.